The Kier molecular flexibility index (Phi) is 4.87. The first-order valence-corrected chi connectivity index (χ1v) is 7.65. The Morgan fingerprint density at radius 2 is 1.94 bits per heavy atom. The molecular formula is C15H30N2. The topological polar surface area (TPSA) is 15.3 Å². The largest absolute Gasteiger partial charge is 0.311 e. The van der Waals surface area contributed by atoms with Crippen molar-refractivity contribution >= 4 is 0 Å². The molecule has 0 spiro atoms. The molecule has 4 atom stereocenters. The summed E-state index contributed by atoms with van der Waals surface area (Å²) in [6.45, 7) is 7.37. The lowest BCUT2D eigenvalue weighted by molar-refractivity contribution is 0.302. The molecule has 1 saturated carbocycles. The van der Waals surface area contributed by atoms with E-state index < -0.39 is 0 Å². The van der Waals surface area contributed by atoms with Crippen LogP contribution in [0.15, 0.2) is 0 Å². The fourth-order valence-electron chi connectivity index (χ4n) is 3.77. The second-order valence-electron chi connectivity index (χ2n) is 6.31. The summed E-state index contributed by atoms with van der Waals surface area (Å²) in [6, 6.07) is 1.58. The summed E-state index contributed by atoms with van der Waals surface area (Å²) < 4.78 is 0. The minimum Gasteiger partial charge on any atom is -0.311 e. The van der Waals surface area contributed by atoms with E-state index in [1.54, 1.807) is 0 Å². The standard InChI is InChI=1S/C15H30N2/c1-4-13-7-8-15(12(13)2)16-14-6-5-10-17(3)11-9-14/h12-16H,4-11H2,1-3H3. The van der Waals surface area contributed by atoms with Crippen molar-refractivity contribution in [1.82, 2.24) is 10.2 Å². The van der Waals surface area contributed by atoms with Crippen molar-refractivity contribution in [3.63, 3.8) is 0 Å². The molecule has 2 nitrogen and oxygen atoms in total. The van der Waals surface area contributed by atoms with Crippen molar-refractivity contribution in [3.05, 3.63) is 0 Å². The van der Waals surface area contributed by atoms with Crippen LogP contribution in [0.25, 0.3) is 0 Å². The van der Waals surface area contributed by atoms with Gasteiger partial charge >= 0.3 is 0 Å². The summed E-state index contributed by atoms with van der Waals surface area (Å²) in [5.74, 6) is 1.86. The van der Waals surface area contributed by atoms with Crippen LogP contribution in [0.1, 0.15) is 52.4 Å². The average Bonchev–Trinajstić information content (AvgIpc) is 2.53. The zero-order chi connectivity index (χ0) is 12.3. The molecule has 1 aliphatic carbocycles. The Morgan fingerprint density at radius 3 is 2.65 bits per heavy atom. The van der Waals surface area contributed by atoms with E-state index in [1.165, 1.54) is 51.6 Å². The molecule has 1 heterocycles. The van der Waals surface area contributed by atoms with E-state index in [2.05, 4.69) is 31.1 Å². The molecule has 2 aliphatic rings. The van der Waals surface area contributed by atoms with Gasteiger partial charge in [-0.25, -0.2) is 0 Å². The van der Waals surface area contributed by atoms with E-state index >= 15 is 0 Å². The number of hydrogen-bond acceptors (Lipinski definition) is 2. The first kappa shape index (κ1) is 13.4. The Bertz CT molecular complexity index is 229. The predicted molar refractivity (Wildman–Crippen MR) is 74.2 cm³/mol. The number of hydrogen-bond donors (Lipinski definition) is 1. The van der Waals surface area contributed by atoms with Gasteiger partial charge in [0.1, 0.15) is 0 Å². The Morgan fingerprint density at radius 1 is 1.12 bits per heavy atom. The molecule has 0 aromatic heterocycles. The lowest BCUT2D eigenvalue weighted by Gasteiger charge is -2.26. The van der Waals surface area contributed by atoms with Crippen LogP contribution in [0, 0.1) is 11.8 Å². The molecule has 1 aliphatic heterocycles. The van der Waals surface area contributed by atoms with Gasteiger partial charge < -0.3 is 10.2 Å². The first-order valence-electron chi connectivity index (χ1n) is 7.65. The maximum atomic E-state index is 3.97. The minimum absolute atomic E-state index is 0.781. The van der Waals surface area contributed by atoms with E-state index in [1.807, 2.05) is 0 Å². The van der Waals surface area contributed by atoms with Crippen molar-refractivity contribution in [2.45, 2.75) is 64.5 Å². The first-order chi connectivity index (χ1) is 8.20. The Balaban J connectivity index is 1.80. The zero-order valence-electron chi connectivity index (χ0n) is 11.9. The normalized spacial score (nSPS) is 40.4. The molecular weight excluding hydrogens is 208 g/mol. The summed E-state index contributed by atoms with van der Waals surface area (Å²) in [7, 11) is 2.26. The number of nitrogens with zero attached hydrogens (tertiary/aromatic N) is 1. The van der Waals surface area contributed by atoms with Gasteiger partial charge in [-0.2, -0.15) is 0 Å². The van der Waals surface area contributed by atoms with Crippen LogP contribution < -0.4 is 5.32 Å². The second kappa shape index (κ2) is 6.19. The summed E-state index contributed by atoms with van der Waals surface area (Å²) >= 11 is 0. The van der Waals surface area contributed by atoms with E-state index in [9.17, 15) is 0 Å². The fourth-order valence-corrected chi connectivity index (χ4v) is 3.77. The second-order valence-corrected chi connectivity index (χ2v) is 6.31. The van der Waals surface area contributed by atoms with Gasteiger partial charge in [-0.1, -0.05) is 20.3 Å². The Hall–Kier alpha value is -0.0800. The molecule has 2 fully saturated rings. The highest BCUT2D eigenvalue weighted by Gasteiger charge is 2.32. The molecule has 2 heteroatoms. The summed E-state index contributed by atoms with van der Waals surface area (Å²) in [5, 5.41) is 3.97. The van der Waals surface area contributed by atoms with Gasteiger partial charge in [0.05, 0.1) is 0 Å². The molecule has 0 radical (unpaired) electrons. The molecule has 0 bridgehead atoms. The van der Waals surface area contributed by atoms with Gasteiger partial charge in [-0.3, -0.25) is 0 Å². The van der Waals surface area contributed by atoms with Gasteiger partial charge in [-0.05, 0) is 64.1 Å². The third kappa shape index (κ3) is 3.45. The highest BCUT2D eigenvalue weighted by atomic mass is 15.1. The molecule has 0 aromatic carbocycles. The molecule has 4 unspecified atom stereocenters. The zero-order valence-corrected chi connectivity index (χ0v) is 11.9. The summed E-state index contributed by atoms with van der Waals surface area (Å²) in [5.41, 5.74) is 0. The molecule has 100 valence electrons. The predicted octanol–water partition coefficient (Wildman–Crippen LogP) is 2.89. The van der Waals surface area contributed by atoms with Crippen LogP contribution in [0.3, 0.4) is 0 Å². The van der Waals surface area contributed by atoms with Gasteiger partial charge in [0.2, 0.25) is 0 Å². The lowest BCUT2D eigenvalue weighted by Crippen LogP contribution is -2.41. The van der Waals surface area contributed by atoms with Gasteiger partial charge in [0, 0.05) is 12.1 Å². The third-order valence-corrected chi connectivity index (χ3v) is 5.15. The van der Waals surface area contributed by atoms with E-state index in [0.717, 1.165) is 23.9 Å². The highest BCUT2D eigenvalue weighted by molar-refractivity contribution is 4.89. The SMILES string of the molecule is CCC1CCC(NC2CCCN(C)CC2)C1C. The quantitative estimate of drug-likeness (QED) is 0.813. The van der Waals surface area contributed by atoms with Crippen LogP contribution >= 0.6 is 0 Å². The summed E-state index contributed by atoms with van der Waals surface area (Å²) in [4.78, 5) is 2.48. The third-order valence-electron chi connectivity index (χ3n) is 5.15. The molecule has 17 heavy (non-hydrogen) atoms. The molecule has 0 amide bonds. The van der Waals surface area contributed by atoms with Crippen molar-refractivity contribution < 1.29 is 0 Å². The van der Waals surface area contributed by atoms with Gasteiger partial charge in [0.25, 0.3) is 0 Å². The van der Waals surface area contributed by atoms with Gasteiger partial charge in [0.15, 0.2) is 0 Å². The van der Waals surface area contributed by atoms with E-state index in [4.69, 9.17) is 0 Å². The minimum atomic E-state index is 0.781. The van der Waals surface area contributed by atoms with Crippen LogP contribution in [0.4, 0.5) is 0 Å². The lowest BCUT2D eigenvalue weighted by atomic mass is 9.93. The molecule has 2 rings (SSSR count). The van der Waals surface area contributed by atoms with Crippen LogP contribution in [-0.2, 0) is 0 Å². The van der Waals surface area contributed by atoms with E-state index in [0.29, 0.717) is 0 Å². The van der Waals surface area contributed by atoms with Crippen molar-refractivity contribution in [1.29, 1.82) is 0 Å². The number of likely N-dealkylation sites (tertiary alicyclic amines) is 1. The Labute approximate surface area is 107 Å². The van der Waals surface area contributed by atoms with Gasteiger partial charge in [-0.15, -0.1) is 0 Å². The molecule has 1 saturated heterocycles. The van der Waals surface area contributed by atoms with Crippen LogP contribution in [0.2, 0.25) is 0 Å². The monoisotopic (exact) mass is 238 g/mol. The van der Waals surface area contributed by atoms with Crippen LogP contribution in [0.5, 0.6) is 0 Å². The van der Waals surface area contributed by atoms with Crippen molar-refractivity contribution in [3.8, 4) is 0 Å². The smallest absolute Gasteiger partial charge is 0.00980 e. The summed E-state index contributed by atoms with van der Waals surface area (Å²) in [6.07, 6.45) is 8.31. The molecule has 1 N–H and O–H groups in total. The molecule has 0 aromatic rings. The average molecular weight is 238 g/mol. The number of nitrogens with one attached hydrogen (secondary N) is 1. The highest BCUT2D eigenvalue weighted by Crippen LogP contribution is 2.34. The van der Waals surface area contributed by atoms with E-state index in [-0.39, 0.29) is 0 Å². The van der Waals surface area contributed by atoms with Crippen molar-refractivity contribution in [2.75, 3.05) is 20.1 Å². The fraction of sp³-hybridized carbons (Fsp3) is 1.00. The maximum Gasteiger partial charge on any atom is 0.00980 e. The van der Waals surface area contributed by atoms with Crippen molar-refractivity contribution in [2.24, 2.45) is 11.8 Å². The maximum absolute atomic E-state index is 3.97. The number of rotatable bonds is 3. The van der Waals surface area contributed by atoms with Crippen LogP contribution in [-0.4, -0.2) is 37.1 Å².